The third-order valence-electron chi connectivity index (χ3n) is 7.16. The van der Waals surface area contributed by atoms with Gasteiger partial charge in [-0.05, 0) is 56.2 Å². The van der Waals surface area contributed by atoms with Crippen LogP contribution in [0.15, 0.2) is 59.7 Å². The smallest absolute Gasteiger partial charge is 0.436 e. The second-order valence-corrected chi connectivity index (χ2v) is 10.4. The number of Topliss-reactive ketones (excluding diaryl/α,β-unsaturated/α-hetero) is 1. The first-order chi connectivity index (χ1) is 20.4. The van der Waals surface area contributed by atoms with Crippen LogP contribution < -0.4 is 10.3 Å². The third kappa shape index (κ3) is 6.00. The fraction of sp³-hybridized carbons (Fsp3) is 0.267. The highest BCUT2D eigenvalue weighted by Crippen LogP contribution is 2.36. The molecular weight excluding hydrogens is 585 g/mol. The maximum absolute atomic E-state index is 13.5. The van der Waals surface area contributed by atoms with Gasteiger partial charge >= 0.3 is 6.18 Å². The van der Waals surface area contributed by atoms with E-state index in [9.17, 15) is 22.8 Å². The molecule has 0 aliphatic carbocycles. The van der Waals surface area contributed by atoms with Crippen LogP contribution in [0.5, 0.6) is 5.75 Å². The van der Waals surface area contributed by atoms with E-state index in [0.29, 0.717) is 11.9 Å². The molecule has 13 heteroatoms. The van der Waals surface area contributed by atoms with Crippen molar-refractivity contribution < 1.29 is 22.7 Å². The second kappa shape index (κ2) is 11.6. The van der Waals surface area contributed by atoms with Crippen molar-refractivity contribution in [1.82, 2.24) is 29.5 Å². The van der Waals surface area contributed by atoms with Crippen LogP contribution in [-0.2, 0) is 17.4 Å². The van der Waals surface area contributed by atoms with Crippen LogP contribution in [-0.4, -0.2) is 42.4 Å². The Morgan fingerprint density at radius 3 is 2.37 bits per heavy atom. The normalized spacial score (nSPS) is 12.5. The zero-order valence-electron chi connectivity index (χ0n) is 23.6. The van der Waals surface area contributed by atoms with E-state index in [1.807, 2.05) is 32.0 Å². The summed E-state index contributed by atoms with van der Waals surface area (Å²) in [6.45, 7) is 5.55. The number of halogens is 4. The summed E-state index contributed by atoms with van der Waals surface area (Å²) in [4.78, 5) is 36.1. The lowest BCUT2D eigenvalue weighted by molar-refractivity contribution is -0.141. The van der Waals surface area contributed by atoms with Crippen LogP contribution in [0.2, 0.25) is 5.02 Å². The first kappa shape index (κ1) is 29.9. The molecule has 0 radical (unpaired) electrons. The van der Waals surface area contributed by atoms with Crippen molar-refractivity contribution in [3.8, 4) is 22.6 Å². The number of rotatable bonds is 8. The molecule has 0 aliphatic heterocycles. The van der Waals surface area contributed by atoms with Crippen molar-refractivity contribution in [1.29, 1.82) is 0 Å². The molecule has 0 saturated heterocycles. The summed E-state index contributed by atoms with van der Waals surface area (Å²) < 4.78 is 47.4. The summed E-state index contributed by atoms with van der Waals surface area (Å²) in [7, 11) is 1.39. The molecule has 0 saturated carbocycles. The lowest BCUT2D eigenvalue weighted by atomic mass is 10.00. The van der Waals surface area contributed by atoms with Gasteiger partial charge in [-0.15, -0.1) is 5.10 Å². The van der Waals surface area contributed by atoms with Gasteiger partial charge in [0.1, 0.15) is 5.75 Å². The molecule has 0 bridgehead atoms. The Morgan fingerprint density at radius 2 is 1.72 bits per heavy atom. The molecule has 5 rings (SSSR count). The van der Waals surface area contributed by atoms with Gasteiger partial charge in [-0.2, -0.15) is 13.2 Å². The molecule has 43 heavy (non-hydrogen) atoms. The fourth-order valence-electron chi connectivity index (χ4n) is 4.87. The van der Waals surface area contributed by atoms with Crippen molar-refractivity contribution in [3.63, 3.8) is 0 Å². The largest absolute Gasteiger partial charge is 0.495 e. The van der Waals surface area contributed by atoms with E-state index in [0.717, 1.165) is 33.3 Å². The average Bonchev–Trinajstić information content (AvgIpc) is 3.46. The molecule has 3 heterocycles. The molecule has 2 aromatic carbocycles. The molecule has 0 spiro atoms. The van der Waals surface area contributed by atoms with Crippen LogP contribution in [0.3, 0.4) is 0 Å². The van der Waals surface area contributed by atoms with Crippen LogP contribution in [0.4, 0.5) is 13.2 Å². The van der Waals surface area contributed by atoms with Gasteiger partial charge in [0.15, 0.2) is 11.5 Å². The minimum absolute atomic E-state index is 0.0613. The molecule has 1 atom stereocenters. The predicted octanol–water partition coefficient (Wildman–Crippen LogP) is 6.10. The number of ketones is 1. The van der Waals surface area contributed by atoms with Gasteiger partial charge in [0.25, 0.3) is 5.56 Å². The number of hydrogen-bond donors (Lipinski definition) is 0. The number of nitrogens with zero attached hydrogens (tertiary/aromatic N) is 6. The lowest BCUT2D eigenvalue weighted by Gasteiger charge is -2.20. The number of hydrogen-bond acceptors (Lipinski definition) is 7. The van der Waals surface area contributed by atoms with Gasteiger partial charge in [-0.3, -0.25) is 9.59 Å². The Labute approximate surface area is 248 Å². The highest BCUT2D eigenvalue weighted by Gasteiger charge is 2.35. The molecule has 9 nitrogen and oxygen atoms in total. The molecule has 222 valence electrons. The van der Waals surface area contributed by atoms with Gasteiger partial charge in [0.05, 0.1) is 53.7 Å². The van der Waals surface area contributed by atoms with Gasteiger partial charge in [0.2, 0.25) is 0 Å². The number of methoxy groups -OCH3 is 1. The first-order valence-electron chi connectivity index (χ1n) is 13.3. The molecule has 0 amide bonds. The van der Waals surface area contributed by atoms with E-state index >= 15 is 0 Å². The second-order valence-electron chi connectivity index (χ2n) is 9.99. The number of ether oxygens (including phenoxy) is 1. The number of pyridine rings is 1. The van der Waals surface area contributed by atoms with Crippen molar-refractivity contribution in [2.45, 2.75) is 45.8 Å². The standard InChI is InChI=1S/C30H26ClF3N6O3/c1-5-24(26(41)11-18-6-8-22-23(10-18)36-17(3)16(2)35-22)39-14-27(43-4)21(13-29(39)42)20-12-19(31)7-9-25(20)40-15-28(37-38-40)30(32,33)34/h6-10,12-15,24H,5,11H2,1-4H3. The highest BCUT2D eigenvalue weighted by atomic mass is 35.5. The van der Waals surface area contributed by atoms with Gasteiger partial charge in [0, 0.05) is 28.6 Å². The molecule has 0 fully saturated rings. The minimum Gasteiger partial charge on any atom is -0.495 e. The highest BCUT2D eigenvalue weighted by molar-refractivity contribution is 6.31. The first-order valence-corrected chi connectivity index (χ1v) is 13.6. The lowest BCUT2D eigenvalue weighted by Crippen LogP contribution is -2.30. The Bertz CT molecular complexity index is 1920. The van der Waals surface area contributed by atoms with Gasteiger partial charge < -0.3 is 9.30 Å². The summed E-state index contributed by atoms with van der Waals surface area (Å²) in [5.41, 5.74) is 2.82. The van der Waals surface area contributed by atoms with Crippen LogP contribution in [0.1, 0.15) is 42.0 Å². The zero-order valence-corrected chi connectivity index (χ0v) is 24.4. The van der Waals surface area contributed by atoms with Gasteiger partial charge in [-0.25, -0.2) is 14.6 Å². The van der Waals surface area contributed by atoms with E-state index in [4.69, 9.17) is 16.3 Å². The van der Waals surface area contributed by atoms with Crippen molar-refractivity contribution >= 4 is 28.4 Å². The van der Waals surface area contributed by atoms with Crippen LogP contribution in [0, 0.1) is 13.8 Å². The molecule has 3 aromatic heterocycles. The third-order valence-corrected chi connectivity index (χ3v) is 7.39. The Kier molecular flexibility index (Phi) is 8.06. The number of carbonyl (C=O) groups excluding carboxylic acids is 1. The predicted molar refractivity (Wildman–Crippen MR) is 155 cm³/mol. The van der Waals surface area contributed by atoms with E-state index in [2.05, 4.69) is 20.3 Å². The number of aryl methyl sites for hydroxylation is 2. The van der Waals surface area contributed by atoms with Gasteiger partial charge in [-0.1, -0.05) is 29.8 Å². The summed E-state index contributed by atoms with van der Waals surface area (Å²) >= 11 is 6.24. The molecular formula is C30H26ClF3N6O3. The molecule has 0 aliphatic rings. The molecule has 5 aromatic rings. The number of aromatic nitrogens is 6. The fourth-order valence-corrected chi connectivity index (χ4v) is 5.04. The SMILES string of the molecule is CCC(C(=O)Cc1ccc2nc(C)c(C)nc2c1)n1cc(OC)c(-c2cc(Cl)ccc2-n2cc(C(F)(F)F)nn2)cc1=O. The van der Waals surface area contributed by atoms with Crippen molar-refractivity contribution in [2.24, 2.45) is 0 Å². The maximum Gasteiger partial charge on any atom is 0.436 e. The Morgan fingerprint density at radius 1 is 1.00 bits per heavy atom. The maximum atomic E-state index is 13.5. The summed E-state index contributed by atoms with van der Waals surface area (Å²) in [5.74, 6) is 0.0126. The summed E-state index contributed by atoms with van der Waals surface area (Å²) in [6.07, 6.45) is -2.13. The Balaban J connectivity index is 1.51. The quantitative estimate of drug-likeness (QED) is 0.209. The zero-order chi connectivity index (χ0) is 31.1. The van der Waals surface area contributed by atoms with E-state index < -0.39 is 23.5 Å². The summed E-state index contributed by atoms with van der Waals surface area (Å²) in [5, 5.41) is 7.12. The monoisotopic (exact) mass is 610 g/mol. The van der Waals surface area contributed by atoms with E-state index in [1.54, 1.807) is 6.92 Å². The van der Waals surface area contributed by atoms with Crippen LogP contribution >= 0.6 is 11.6 Å². The number of fused-ring (bicyclic) bond motifs is 1. The molecule has 0 N–H and O–H groups in total. The van der Waals surface area contributed by atoms with E-state index in [1.165, 1.54) is 42.1 Å². The summed E-state index contributed by atoms with van der Waals surface area (Å²) in [6, 6.07) is 10.4. The van der Waals surface area contributed by atoms with Crippen molar-refractivity contribution in [3.05, 3.63) is 92.9 Å². The van der Waals surface area contributed by atoms with E-state index in [-0.39, 0.29) is 39.8 Å². The topological polar surface area (TPSA) is 105 Å². The average molecular weight is 611 g/mol. The molecule has 1 unspecified atom stereocenters. The van der Waals surface area contributed by atoms with Crippen LogP contribution in [0.25, 0.3) is 27.8 Å². The minimum atomic E-state index is -4.69. The number of alkyl halides is 3. The Hall–Kier alpha value is -4.58. The number of benzene rings is 2. The number of carbonyl (C=O) groups is 1. The van der Waals surface area contributed by atoms with Crippen molar-refractivity contribution in [2.75, 3.05) is 7.11 Å².